The number of aliphatic carboxylic acids is 1. The van der Waals surface area contributed by atoms with Crippen molar-refractivity contribution < 1.29 is 19.4 Å². The summed E-state index contributed by atoms with van der Waals surface area (Å²) < 4.78 is 10.6. The summed E-state index contributed by atoms with van der Waals surface area (Å²) in [5, 5.41) is 9.51. The Kier molecular flexibility index (Phi) is 4.69. The van der Waals surface area contributed by atoms with E-state index in [1.165, 1.54) is 7.11 Å². The Labute approximate surface area is 118 Å². The van der Waals surface area contributed by atoms with Crippen LogP contribution in [0.15, 0.2) is 6.07 Å². The highest BCUT2D eigenvalue weighted by molar-refractivity contribution is 6.31. The van der Waals surface area contributed by atoms with Gasteiger partial charge in [-0.2, -0.15) is 0 Å². The van der Waals surface area contributed by atoms with Crippen LogP contribution in [0, 0.1) is 6.92 Å². The van der Waals surface area contributed by atoms with Crippen molar-refractivity contribution >= 4 is 17.6 Å². The van der Waals surface area contributed by atoms with Gasteiger partial charge in [-0.25, -0.2) is 0 Å². The molecule has 5 heteroatoms. The maximum absolute atomic E-state index is 11.0. The lowest BCUT2D eigenvalue weighted by molar-refractivity contribution is -0.138. The van der Waals surface area contributed by atoms with Gasteiger partial charge < -0.3 is 14.6 Å². The molecule has 0 aliphatic rings. The minimum Gasteiger partial charge on any atom is -0.493 e. The van der Waals surface area contributed by atoms with Crippen molar-refractivity contribution in [3.8, 4) is 11.5 Å². The number of rotatable bonds is 5. The van der Waals surface area contributed by atoms with Crippen molar-refractivity contribution in [3.63, 3.8) is 0 Å². The van der Waals surface area contributed by atoms with Crippen molar-refractivity contribution in [2.75, 3.05) is 14.2 Å². The van der Waals surface area contributed by atoms with Crippen LogP contribution in [-0.2, 0) is 10.2 Å². The van der Waals surface area contributed by atoms with Gasteiger partial charge in [0.1, 0.15) is 0 Å². The zero-order chi connectivity index (χ0) is 14.8. The number of benzene rings is 1. The molecule has 0 unspecified atom stereocenters. The second-order valence-electron chi connectivity index (χ2n) is 5.05. The van der Waals surface area contributed by atoms with Crippen molar-refractivity contribution in [3.05, 3.63) is 22.2 Å². The number of hydrogen-bond donors (Lipinski definition) is 1. The molecule has 0 aliphatic carbocycles. The molecule has 1 N–H and O–H groups in total. The van der Waals surface area contributed by atoms with Crippen LogP contribution in [0.3, 0.4) is 0 Å². The van der Waals surface area contributed by atoms with Gasteiger partial charge in [-0.15, -0.1) is 0 Å². The maximum Gasteiger partial charge on any atom is 0.304 e. The molecule has 0 heterocycles. The number of halogens is 1. The van der Waals surface area contributed by atoms with Gasteiger partial charge in [0.2, 0.25) is 0 Å². The average molecular weight is 287 g/mol. The second kappa shape index (κ2) is 5.70. The van der Waals surface area contributed by atoms with Gasteiger partial charge >= 0.3 is 5.97 Å². The van der Waals surface area contributed by atoms with Gasteiger partial charge in [-0.05, 0) is 12.5 Å². The third-order valence-electron chi connectivity index (χ3n) is 3.13. The largest absolute Gasteiger partial charge is 0.493 e. The summed E-state index contributed by atoms with van der Waals surface area (Å²) in [5.74, 6) is 0.260. The van der Waals surface area contributed by atoms with Gasteiger partial charge in [0.25, 0.3) is 0 Å². The Balaban J connectivity index is 3.48. The predicted molar refractivity (Wildman–Crippen MR) is 74.6 cm³/mol. The topological polar surface area (TPSA) is 55.8 Å². The van der Waals surface area contributed by atoms with E-state index < -0.39 is 11.4 Å². The first-order valence-corrected chi connectivity index (χ1v) is 6.25. The summed E-state index contributed by atoms with van der Waals surface area (Å²) in [7, 11) is 3.09. The molecule has 0 radical (unpaired) electrons. The van der Waals surface area contributed by atoms with Crippen LogP contribution >= 0.6 is 11.6 Å². The molecular weight excluding hydrogens is 268 g/mol. The normalized spacial score (nSPS) is 11.3. The van der Waals surface area contributed by atoms with E-state index in [9.17, 15) is 4.79 Å². The minimum atomic E-state index is -0.866. The van der Waals surface area contributed by atoms with Crippen LogP contribution in [0.4, 0.5) is 0 Å². The fraction of sp³-hybridized carbons (Fsp3) is 0.500. The monoisotopic (exact) mass is 286 g/mol. The van der Waals surface area contributed by atoms with Crippen LogP contribution in [0.25, 0.3) is 0 Å². The first-order chi connectivity index (χ1) is 8.74. The third kappa shape index (κ3) is 3.13. The lowest BCUT2D eigenvalue weighted by Gasteiger charge is -2.28. The number of carboxylic acid groups (broad SMARTS) is 1. The van der Waals surface area contributed by atoms with E-state index >= 15 is 0 Å². The van der Waals surface area contributed by atoms with E-state index in [4.69, 9.17) is 26.2 Å². The maximum atomic E-state index is 11.0. The molecule has 0 saturated heterocycles. The molecule has 0 amide bonds. The lowest BCUT2D eigenvalue weighted by Crippen LogP contribution is -2.23. The van der Waals surface area contributed by atoms with E-state index in [1.54, 1.807) is 13.2 Å². The average Bonchev–Trinajstić information content (AvgIpc) is 2.25. The number of ether oxygens (including phenoxy) is 2. The number of carbonyl (C=O) groups is 1. The second-order valence-corrected chi connectivity index (χ2v) is 5.46. The molecule has 0 fully saturated rings. The van der Waals surface area contributed by atoms with Gasteiger partial charge in [-0.3, -0.25) is 4.79 Å². The first-order valence-electron chi connectivity index (χ1n) is 5.88. The Morgan fingerprint density at radius 1 is 1.37 bits per heavy atom. The van der Waals surface area contributed by atoms with Crippen LogP contribution in [-0.4, -0.2) is 25.3 Å². The zero-order valence-corrected chi connectivity index (χ0v) is 12.6. The summed E-state index contributed by atoms with van der Waals surface area (Å²) in [6.07, 6.45) is -0.0109. The minimum absolute atomic E-state index is 0.0109. The Bertz CT molecular complexity index is 495. The molecule has 1 rings (SSSR count). The molecule has 0 bridgehead atoms. The van der Waals surface area contributed by atoms with Crippen LogP contribution in [0.2, 0.25) is 5.02 Å². The van der Waals surface area contributed by atoms with E-state index in [0.717, 1.165) is 11.1 Å². The van der Waals surface area contributed by atoms with Crippen molar-refractivity contribution in [2.45, 2.75) is 32.6 Å². The molecule has 106 valence electrons. The third-order valence-corrected chi connectivity index (χ3v) is 3.43. The van der Waals surface area contributed by atoms with E-state index in [1.807, 2.05) is 20.8 Å². The van der Waals surface area contributed by atoms with Gasteiger partial charge in [0.15, 0.2) is 11.5 Å². The summed E-state index contributed by atoms with van der Waals surface area (Å²) >= 11 is 6.28. The molecule has 0 aliphatic heterocycles. The highest BCUT2D eigenvalue weighted by Crippen LogP contribution is 2.43. The van der Waals surface area contributed by atoms with E-state index in [2.05, 4.69) is 0 Å². The summed E-state index contributed by atoms with van der Waals surface area (Å²) in [5.41, 5.74) is 0.985. The lowest BCUT2D eigenvalue weighted by atomic mass is 9.79. The molecule has 19 heavy (non-hydrogen) atoms. The number of methoxy groups -OCH3 is 2. The fourth-order valence-corrected chi connectivity index (χ4v) is 2.93. The summed E-state index contributed by atoms with van der Waals surface area (Å²) in [6.45, 7) is 5.55. The number of hydrogen-bond acceptors (Lipinski definition) is 3. The zero-order valence-electron chi connectivity index (χ0n) is 11.8. The van der Waals surface area contributed by atoms with Gasteiger partial charge in [0, 0.05) is 22.1 Å². The molecular formula is C14H19ClO4. The Morgan fingerprint density at radius 3 is 2.37 bits per heavy atom. The van der Waals surface area contributed by atoms with Gasteiger partial charge in [0.05, 0.1) is 20.6 Å². The molecule has 1 aromatic rings. The molecule has 0 spiro atoms. The Morgan fingerprint density at radius 2 is 1.95 bits per heavy atom. The predicted octanol–water partition coefficient (Wildman–Crippen LogP) is 3.42. The van der Waals surface area contributed by atoms with Gasteiger partial charge in [-0.1, -0.05) is 25.4 Å². The molecule has 0 saturated carbocycles. The molecule has 1 aromatic carbocycles. The highest BCUT2D eigenvalue weighted by atomic mass is 35.5. The highest BCUT2D eigenvalue weighted by Gasteiger charge is 2.30. The smallest absolute Gasteiger partial charge is 0.304 e. The van der Waals surface area contributed by atoms with Crippen molar-refractivity contribution in [1.82, 2.24) is 0 Å². The number of carboxylic acids is 1. The first kappa shape index (κ1) is 15.6. The molecule has 0 atom stereocenters. The van der Waals surface area contributed by atoms with Crippen LogP contribution in [0.1, 0.15) is 31.4 Å². The SMILES string of the molecule is COc1cc(Cl)c(C(C)(C)CC(=O)O)c(C)c1OC. The van der Waals surface area contributed by atoms with Crippen molar-refractivity contribution in [1.29, 1.82) is 0 Å². The Hall–Kier alpha value is -1.42. The van der Waals surface area contributed by atoms with Crippen LogP contribution in [0.5, 0.6) is 11.5 Å². The fourth-order valence-electron chi connectivity index (χ4n) is 2.43. The molecule has 4 nitrogen and oxygen atoms in total. The standard InChI is InChI=1S/C14H19ClO4/c1-8-12(14(2,3)7-11(16)17)9(15)6-10(18-4)13(8)19-5/h6H,7H2,1-5H3,(H,16,17). The van der Waals surface area contributed by atoms with Crippen molar-refractivity contribution in [2.24, 2.45) is 0 Å². The van der Waals surface area contributed by atoms with E-state index in [-0.39, 0.29) is 6.42 Å². The summed E-state index contributed by atoms with van der Waals surface area (Å²) in [4.78, 5) is 11.0. The quantitative estimate of drug-likeness (QED) is 0.901. The van der Waals surface area contributed by atoms with Crippen LogP contribution < -0.4 is 9.47 Å². The molecule has 0 aromatic heterocycles. The van der Waals surface area contributed by atoms with E-state index in [0.29, 0.717) is 16.5 Å². The summed E-state index contributed by atoms with van der Waals surface area (Å²) in [6, 6.07) is 1.66.